The number of carbonyl (C=O) groups is 2. The number of hydrogen-bond donors (Lipinski definition) is 3. The summed E-state index contributed by atoms with van der Waals surface area (Å²) < 4.78 is 0. The molecule has 0 aliphatic heterocycles. The number of carbonyl (C=O) groups excluding carboxylic acids is 2. The highest BCUT2D eigenvalue weighted by molar-refractivity contribution is 6.00. The Morgan fingerprint density at radius 3 is 2.05 bits per heavy atom. The van der Waals surface area contributed by atoms with E-state index in [1.165, 1.54) is 12.1 Å². The number of hydrazine groups is 1. The maximum Gasteiger partial charge on any atom is 0.273 e. The lowest BCUT2D eigenvalue weighted by atomic mass is 10.2. The third kappa shape index (κ3) is 3.10. The van der Waals surface area contributed by atoms with Crippen LogP contribution in [0.25, 0.3) is 0 Å². The van der Waals surface area contributed by atoms with Crippen LogP contribution in [-0.4, -0.2) is 16.9 Å². The van der Waals surface area contributed by atoms with Gasteiger partial charge in [-0.1, -0.05) is 30.3 Å². The zero-order valence-electron chi connectivity index (χ0n) is 9.96. The molecule has 5 nitrogen and oxygen atoms in total. The number of phenolic OH excluding ortho intramolecular Hbond substituents is 1. The van der Waals surface area contributed by atoms with E-state index in [1.54, 1.807) is 42.5 Å². The first-order valence-electron chi connectivity index (χ1n) is 5.62. The van der Waals surface area contributed by atoms with Gasteiger partial charge >= 0.3 is 0 Å². The summed E-state index contributed by atoms with van der Waals surface area (Å²) in [6.45, 7) is 0. The number of nitrogens with one attached hydrogen (secondary N) is 2. The number of aromatic hydroxyl groups is 1. The van der Waals surface area contributed by atoms with Crippen molar-refractivity contribution in [2.75, 3.05) is 0 Å². The highest BCUT2D eigenvalue weighted by atomic mass is 16.3. The molecule has 2 rings (SSSR count). The largest absolute Gasteiger partial charge is 0.507 e. The van der Waals surface area contributed by atoms with Gasteiger partial charge in [-0.25, -0.2) is 0 Å². The predicted molar refractivity (Wildman–Crippen MR) is 69.5 cm³/mol. The number of phenols is 1. The van der Waals surface area contributed by atoms with Gasteiger partial charge in [-0.3, -0.25) is 20.4 Å². The molecule has 0 aromatic heterocycles. The first-order valence-corrected chi connectivity index (χ1v) is 5.62. The Bertz CT molecular complexity index is 597. The van der Waals surface area contributed by atoms with E-state index >= 15 is 0 Å². The van der Waals surface area contributed by atoms with E-state index in [4.69, 9.17) is 0 Å². The molecule has 5 heteroatoms. The van der Waals surface area contributed by atoms with Gasteiger partial charge in [0, 0.05) is 5.56 Å². The molecular formula is C14H12N2O3. The second-order valence-electron chi connectivity index (χ2n) is 3.79. The summed E-state index contributed by atoms with van der Waals surface area (Å²) in [7, 11) is 0. The third-order valence-corrected chi connectivity index (χ3v) is 2.47. The molecule has 0 aliphatic carbocycles. The lowest BCUT2D eigenvalue weighted by Gasteiger charge is -2.08. The monoisotopic (exact) mass is 256 g/mol. The van der Waals surface area contributed by atoms with Crippen LogP contribution in [0.4, 0.5) is 0 Å². The van der Waals surface area contributed by atoms with Crippen LogP contribution in [0.3, 0.4) is 0 Å². The molecule has 3 N–H and O–H groups in total. The van der Waals surface area contributed by atoms with E-state index in [1.807, 2.05) is 0 Å². The Balaban J connectivity index is 1.98. The summed E-state index contributed by atoms with van der Waals surface area (Å²) in [5.41, 5.74) is 5.04. The summed E-state index contributed by atoms with van der Waals surface area (Å²) in [5, 5.41) is 9.49. The Hall–Kier alpha value is -2.82. The molecule has 0 heterocycles. The van der Waals surface area contributed by atoms with Crippen molar-refractivity contribution in [3.05, 3.63) is 65.7 Å². The Morgan fingerprint density at radius 2 is 1.37 bits per heavy atom. The second-order valence-corrected chi connectivity index (χ2v) is 3.79. The number of hydrogen-bond acceptors (Lipinski definition) is 3. The fourth-order valence-electron chi connectivity index (χ4n) is 1.51. The van der Waals surface area contributed by atoms with Gasteiger partial charge in [-0.05, 0) is 24.3 Å². The van der Waals surface area contributed by atoms with Gasteiger partial charge in [0.1, 0.15) is 5.75 Å². The lowest BCUT2D eigenvalue weighted by Crippen LogP contribution is -2.41. The van der Waals surface area contributed by atoms with E-state index in [0.717, 1.165) is 0 Å². The van der Waals surface area contributed by atoms with Crippen molar-refractivity contribution >= 4 is 11.8 Å². The number of amides is 2. The smallest absolute Gasteiger partial charge is 0.273 e. The van der Waals surface area contributed by atoms with Gasteiger partial charge in [0.25, 0.3) is 11.8 Å². The normalized spacial score (nSPS) is 9.68. The van der Waals surface area contributed by atoms with Gasteiger partial charge in [0.2, 0.25) is 0 Å². The van der Waals surface area contributed by atoms with Crippen molar-refractivity contribution in [3.63, 3.8) is 0 Å². The quantitative estimate of drug-likeness (QED) is 0.712. The number of rotatable bonds is 2. The fraction of sp³-hybridized carbons (Fsp3) is 0. The molecule has 2 aromatic rings. The van der Waals surface area contributed by atoms with Crippen molar-refractivity contribution in [1.82, 2.24) is 10.9 Å². The van der Waals surface area contributed by atoms with Crippen molar-refractivity contribution in [2.45, 2.75) is 0 Å². The average Bonchev–Trinajstić information content (AvgIpc) is 2.46. The number of benzene rings is 2. The minimum atomic E-state index is -0.581. The van der Waals surface area contributed by atoms with Gasteiger partial charge < -0.3 is 5.11 Å². The maximum absolute atomic E-state index is 11.7. The zero-order chi connectivity index (χ0) is 13.7. The van der Waals surface area contributed by atoms with E-state index in [0.29, 0.717) is 5.56 Å². The van der Waals surface area contributed by atoms with E-state index < -0.39 is 11.8 Å². The van der Waals surface area contributed by atoms with Crippen LogP contribution < -0.4 is 10.9 Å². The number of para-hydroxylation sites is 1. The lowest BCUT2D eigenvalue weighted by molar-refractivity contribution is 0.0845. The van der Waals surface area contributed by atoms with Gasteiger partial charge in [-0.2, -0.15) is 0 Å². The Kier molecular flexibility index (Phi) is 3.78. The standard InChI is InChI=1S/C14H12N2O3/c17-12-9-5-4-8-11(12)14(19)16-15-13(18)10-6-2-1-3-7-10/h1-9,17H,(H,15,18)(H,16,19). The van der Waals surface area contributed by atoms with E-state index in [9.17, 15) is 14.7 Å². The van der Waals surface area contributed by atoms with Crippen molar-refractivity contribution in [2.24, 2.45) is 0 Å². The van der Waals surface area contributed by atoms with Crippen LogP contribution >= 0.6 is 0 Å². The van der Waals surface area contributed by atoms with Gasteiger partial charge in [0.05, 0.1) is 5.56 Å². The maximum atomic E-state index is 11.7. The van der Waals surface area contributed by atoms with Crippen LogP contribution in [0.2, 0.25) is 0 Å². The molecule has 0 fully saturated rings. The molecule has 0 saturated heterocycles. The molecular weight excluding hydrogens is 244 g/mol. The van der Waals surface area contributed by atoms with Crippen molar-refractivity contribution < 1.29 is 14.7 Å². The van der Waals surface area contributed by atoms with Crippen LogP contribution in [0.1, 0.15) is 20.7 Å². The molecule has 0 atom stereocenters. The topological polar surface area (TPSA) is 78.4 Å². The SMILES string of the molecule is O=C(NNC(=O)c1ccccc1O)c1ccccc1. The van der Waals surface area contributed by atoms with Crippen LogP contribution in [0, 0.1) is 0 Å². The molecule has 0 saturated carbocycles. The zero-order valence-corrected chi connectivity index (χ0v) is 9.96. The minimum Gasteiger partial charge on any atom is -0.507 e. The fourth-order valence-corrected chi connectivity index (χ4v) is 1.51. The highest BCUT2D eigenvalue weighted by Gasteiger charge is 2.11. The third-order valence-electron chi connectivity index (χ3n) is 2.47. The first kappa shape index (κ1) is 12.6. The van der Waals surface area contributed by atoms with Crippen molar-refractivity contribution in [1.29, 1.82) is 0 Å². The summed E-state index contributed by atoms with van der Waals surface area (Å²) in [4.78, 5) is 23.4. The average molecular weight is 256 g/mol. The predicted octanol–water partition coefficient (Wildman–Crippen LogP) is 1.47. The summed E-state index contributed by atoms with van der Waals surface area (Å²) in [5.74, 6) is -1.15. The minimum absolute atomic E-state index is 0.0934. The van der Waals surface area contributed by atoms with Crippen LogP contribution in [0.15, 0.2) is 54.6 Å². The van der Waals surface area contributed by atoms with Gasteiger partial charge in [-0.15, -0.1) is 0 Å². The molecule has 96 valence electrons. The molecule has 0 aliphatic rings. The molecule has 2 amide bonds. The first-order chi connectivity index (χ1) is 9.18. The van der Waals surface area contributed by atoms with Gasteiger partial charge in [0.15, 0.2) is 0 Å². The molecule has 0 radical (unpaired) electrons. The van der Waals surface area contributed by atoms with Crippen LogP contribution in [0.5, 0.6) is 5.75 Å². The van der Waals surface area contributed by atoms with Crippen molar-refractivity contribution in [3.8, 4) is 5.75 Å². The second kappa shape index (κ2) is 5.68. The Labute approximate surface area is 109 Å². The summed E-state index contributed by atoms with van der Waals surface area (Å²) >= 11 is 0. The Morgan fingerprint density at radius 1 is 0.789 bits per heavy atom. The highest BCUT2D eigenvalue weighted by Crippen LogP contribution is 2.14. The van der Waals surface area contributed by atoms with E-state index in [-0.39, 0.29) is 11.3 Å². The molecule has 0 spiro atoms. The summed E-state index contributed by atoms with van der Waals surface area (Å²) in [6, 6.07) is 14.6. The molecule has 2 aromatic carbocycles. The van der Waals surface area contributed by atoms with E-state index in [2.05, 4.69) is 10.9 Å². The summed E-state index contributed by atoms with van der Waals surface area (Å²) in [6.07, 6.45) is 0. The van der Waals surface area contributed by atoms with Crippen LogP contribution in [-0.2, 0) is 0 Å². The molecule has 0 bridgehead atoms. The molecule has 19 heavy (non-hydrogen) atoms. The molecule has 0 unspecified atom stereocenters.